The zero-order valence-electron chi connectivity index (χ0n) is 16.6. The van der Waals surface area contributed by atoms with Crippen molar-refractivity contribution in [1.29, 1.82) is 0 Å². The summed E-state index contributed by atoms with van der Waals surface area (Å²) in [5.41, 5.74) is -6.53. The van der Waals surface area contributed by atoms with Crippen molar-refractivity contribution in [3.05, 3.63) is 0 Å². The Morgan fingerprint density at radius 2 is 1.13 bits per heavy atom. The standard InChI is InChI=1S/C12H14O13.ClH.K.3Na/c13-5(14)1-11(24,9(20)21)4-8(19)25-12(10(22)23,2-6(15)16)3-7(17)18;;;;;/h24H,1-4H2,(H,13,14)(H,15,16)(H,17,18)(H,20,21)(H,22,23);1H;;;;/q;;4*+1/p-4. The molecule has 0 aromatic rings. The third-order valence-corrected chi connectivity index (χ3v) is 2.82. The summed E-state index contributed by atoms with van der Waals surface area (Å²) in [6.07, 6.45) is -6.47. The summed E-state index contributed by atoms with van der Waals surface area (Å²) in [7, 11) is 0. The van der Waals surface area contributed by atoms with Gasteiger partial charge in [0.05, 0.1) is 18.8 Å². The van der Waals surface area contributed by atoms with Gasteiger partial charge in [-0.25, -0.2) is 4.79 Å². The number of ether oxygens (including phenoxy) is 1. The van der Waals surface area contributed by atoms with E-state index in [4.69, 9.17) is 10.2 Å². The van der Waals surface area contributed by atoms with Crippen LogP contribution >= 0.6 is 0 Å². The van der Waals surface area contributed by atoms with E-state index in [1.807, 2.05) is 0 Å². The molecule has 0 fully saturated rings. The van der Waals surface area contributed by atoms with Crippen molar-refractivity contribution in [3.8, 4) is 0 Å². The SMILES string of the molecule is O=C([O-])CC(CC(=O)[O-])(OC(=O)CC(O)(CC(=O)O)C(=O)O)C(=O)[O-].[Cl-].[K+].[Na+].[Na+].[Na+]. The van der Waals surface area contributed by atoms with Crippen LogP contribution in [0.25, 0.3) is 0 Å². The summed E-state index contributed by atoms with van der Waals surface area (Å²) < 4.78 is 4.19. The van der Waals surface area contributed by atoms with E-state index in [1.54, 1.807) is 0 Å². The minimum atomic E-state index is -3.31. The minimum Gasteiger partial charge on any atom is -1.00 e. The maximum Gasteiger partial charge on any atom is 1.00 e. The van der Waals surface area contributed by atoms with Crippen molar-refractivity contribution in [2.75, 3.05) is 0 Å². The second-order valence-electron chi connectivity index (χ2n) is 4.94. The van der Waals surface area contributed by atoms with Crippen LogP contribution in [0, 0.1) is 0 Å². The van der Waals surface area contributed by atoms with Crippen molar-refractivity contribution in [2.24, 2.45) is 0 Å². The first-order valence-corrected chi connectivity index (χ1v) is 6.24. The number of aliphatic hydroxyl groups is 1. The minimum absolute atomic E-state index is 0. The van der Waals surface area contributed by atoms with Crippen LogP contribution in [-0.2, 0) is 33.5 Å². The second-order valence-corrected chi connectivity index (χ2v) is 4.94. The van der Waals surface area contributed by atoms with Gasteiger partial charge in [-0.3, -0.25) is 9.59 Å². The third kappa shape index (κ3) is 16.3. The van der Waals surface area contributed by atoms with Crippen molar-refractivity contribution < 1.29 is 217 Å². The number of esters is 1. The predicted molar refractivity (Wildman–Crippen MR) is 62.5 cm³/mol. The van der Waals surface area contributed by atoms with Crippen LogP contribution in [0.3, 0.4) is 0 Å². The van der Waals surface area contributed by atoms with Gasteiger partial charge in [0.1, 0.15) is 0 Å². The molecule has 0 aliphatic heterocycles. The third-order valence-electron chi connectivity index (χ3n) is 2.82. The quantitative estimate of drug-likeness (QED) is 0.174. The molecule has 13 nitrogen and oxygen atoms in total. The molecule has 0 aliphatic carbocycles. The number of aliphatic carboxylic acids is 5. The van der Waals surface area contributed by atoms with Gasteiger partial charge in [0.15, 0.2) is 11.2 Å². The summed E-state index contributed by atoms with van der Waals surface area (Å²) in [6, 6.07) is 0. The van der Waals surface area contributed by atoms with Crippen LogP contribution < -0.4 is 168 Å². The van der Waals surface area contributed by atoms with Crippen molar-refractivity contribution >= 4 is 35.8 Å². The molecule has 0 radical (unpaired) electrons. The fraction of sp³-hybridized carbons (Fsp3) is 0.500. The summed E-state index contributed by atoms with van der Waals surface area (Å²) in [6.45, 7) is 0. The van der Waals surface area contributed by atoms with Crippen LogP contribution in [0.2, 0.25) is 0 Å². The Balaban J connectivity index is -0.000000288. The van der Waals surface area contributed by atoms with Gasteiger partial charge in [-0.1, -0.05) is 0 Å². The van der Waals surface area contributed by atoms with Gasteiger partial charge in [-0.05, 0) is 0 Å². The molecule has 0 aliphatic rings. The average Bonchev–Trinajstić information content (AvgIpc) is 2.34. The van der Waals surface area contributed by atoms with Gasteiger partial charge < -0.3 is 62.2 Å². The molecule has 0 saturated carbocycles. The Bertz CT molecular complexity index is 616. The maximum absolute atomic E-state index is 11.7. The Morgan fingerprint density at radius 3 is 1.37 bits per heavy atom. The fourth-order valence-electron chi connectivity index (χ4n) is 1.74. The number of carbonyl (C=O) groups excluding carboxylic acids is 4. The summed E-state index contributed by atoms with van der Waals surface area (Å²) in [5.74, 6) is -12.7. The van der Waals surface area contributed by atoms with Gasteiger partial charge in [0.25, 0.3) is 0 Å². The van der Waals surface area contributed by atoms with Crippen LogP contribution in [0.15, 0.2) is 0 Å². The van der Waals surface area contributed by atoms with Crippen LogP contribution in [0.4, 0.5) is 0 Å². The Labute approximate surface area is 284 Å². The number of halogens is 1. The van der Waals surface area contributed by atoms with E-state index in [9.17, 15) is 49.2 Å². The second kappa shape index (κ2) is 20.1. The number of hydrogen-bond donors (Lipinski definition) is 3. The van der Waals surface area contributed by atoms with Gasteiger partial charge in [0.2, 0.25) is 0 Å². The summed E-state index contributed by atoms with van der Waals surface area (Å²) in [4.78, 5) is 65.3. The maximum atomic E-state index is 11.7. The molecule has 1 unspecified atom stereocenters. The van der Waals surface area contributed by atoms with Gasteiger partial charge in [0, 0.05) is 24.8 Å². The molecule has 0 amide bonds. The van der Waals surface area contributed by atoms with Crippen molar-refractivity contribution in [3.63, 3.8) is 0 Å². The van der Waals surface area contributed by atoms with E-state index in [2.05, 4.69) is 4.74 Å². The number of carboxylic acids is 5. The Kier molecular flexibility index (Phi) is 30.3. The molecule has 18 heteroatoms. The van der Waals surface area contributed by atoms with E-state index in [-0.39, 0.29) is 152 Å². The van der Waals surface area contributed by atoms with Crippen LogP contribution in [-0.4, -0.2) is 62.3 Å². The summed E-state index contributed by atoms with van der Waals surface area (Å²) in [5, 5.41) is 59.2. The zero-order chi connectivity index (χ0) is 20.0. The number of hydrogen-bond acceptors (Lipinski definition) is 11. The molecule has 0 bridgehead atoms. The molecule has 1 atom stereocenters. The topological polar surface area (TPSA) is 242 Å². The first-order chi connectivity index (χ1) is 11.2. The molecule has 30 heavy (non-hydrogen) atoms. The molecular weight excluding hydrogens is 496 g/mol. The van der Waals surface area contributed by atoms with Crippen LogP contribution in [0.1, 0.15) is 25.7 Å². The molecule has 3 N–H and O–H groups in total. The molecule has 0 heterocycles. The van der Waals surface area contributed by atoms with E-state index in [0.29, 0.717) is 0 Å². The summed E-state index contributed by atoms with van der Waals surface area (Å²) >= 11 is 0. The Hall–Kier alpha value is 1.71. The molecule has 0 rings (SSSR count). The van der Waals surface area contributed by atoms with Gasteiger partial charge >= 0.3 is 158 Å². The smallest absolute Gasteiger partial charge is 1.00 e. The Morgan fingerprint density at radius 1 is 0.767 bits per heavy atom. The van der Waals surface area contributed by atoms with E-state index < -0.39 is 72.7 Å². The molecule has 0 aromatic heterocycles. The average molecular weight is 507 g/mol. The van der Waals surface area contributed by atoms with Gasteiger partial charge in [-0.2, -0.15) is 0 Å². The van der Waals surface area contributed by atoms with Crippen molar-refractivity contribution in [2.45, 2.75) is 36.9 Å². The first-order valence-electron chi connectivity index (χ1n) is 6.24. The van der Waals surface area contributed by atoms with E-state index in [0.717, 1.165) is 0 Å². The predicted octanol–water partition coefficient (Wildman–Crippen LogP) is -21.0. The van der Waals surface area contributed by atoms with Gasteiger partial charge in [-0.15, -0.1) is 0 Å². The number of rotatable bonds is 11. The fourth-order valence-corrected chi connectivity index (χ4v) is 1.74. The molecular formula is C12H11ClKNa3O13. The largest absolute Gasteiger partial charge is 1.00 e. The normalized spacial score (nSPS) is 11.1. The molecule has 148 valence electrons. The zero-order valence-corrected chi connectivity index (χ0v) is 26.5. The molecule has 0 saturated heterocycles. The van der Waals surface area contributed by atoms with Crippen molar-refractivity contribution in [1.82, 2.24) is 0 Å². The molecule has 0 spiro atoms. The van der Waals surface area contributed by atoms with E-state index in [1.165, 1.54) is 0 Å². The number of carboxylic acid groups (broad SMARTS) is 5. The number of carbonyl (C=O) groups is 6. The molecule has 0 aromatic carbocycles. The van der Waals surface area contributed by atoms with E-state index >= 15 is 0 Å². The first kappa shape index (κ1) is 45.2. The van der Waals surface area contributed by atoms with Crippen LogP contribution in [0.5, 0.6) is 0 Å². The monoisotopic (exact) mass is 506 g/mol.